The van der Waals surface area contributed by atoms with Gasteiger partial charge in [0.25, 0.3) is 0 Å². The maximum Gasteiger partial charge on any atom is 0.249 e. The zero-order valence-electron chi connectivity index (χ0n) is 13.3. The van der Waals surface area contributed by atoms with E-state index in [9.17, 15) is 9.59 Å². The first-order valence-electron chi connectivity index (χ1n) is 8.31. The van der Waals surface area contributed by atoms with E-state index in [1.165, 1.54) is 0 Å². The van der Waals surface area contributed by atoms with E-state index in [-0.39, 0.29) is 17.9 Å². The van der Waals surface area contributed by atoms with Crippen LogP contribution in [-0.2, 0) is 14.3 Å². The minimum atomic E-state index is -0.634. The highest BCUT2D eigenvalue weighted by atomic mass is 16.5. The second-order valence-corrected chi connectivity index (χ2v) is 6.27. The van der Waals surface area contributed by atoms with Crippen molar-refractivity contribution >= 4 is 11.8 Å². The van der Waals surface area contributed by atoms with E-state index < -0.39 is 5.54 Å². The van der Waals surface area contributed by atoms with Gasteiger partial charge in [-0.15, -0.1) is 0 Å². The molecule has 5 nitrogen and oxygen atoms in total. The van der Waals surface area contributed by atoms with Crippen LogP contribution >= 0.6 is 0 Å². The summed E-state index contributed by atoms with van der Waals surface area (Å²) < 4.78 is 5.56. The predicted octanol–water partition coefficient (Wildman–Crippen LogP) is 1.85. The monoisotopic (exact) mass is 296 g/mol. The SMILES string of the molecule is CCCCOCCN1C(=O)C2(CCCCC2)NC(=O)C1C. The van der Waals surface area contributed by atoms with Crippen molar-refractivity contribution in [3.8, 4) is 0 Å². The van der Waals surface area contributed by atoms with Crippen molar-refractivity contribution in [3.05, 3.63) is 0 Å². The van der Waals surface area contributed by atoms with E-state index in [1.807, 2.05) is 0 Å². The van der Waals surface area contributed by atoms with E-state index >= 15 is 0 Å². The lowest BCUT2D eigenvalue weighted by molar-refractivity contribution is -0.156. The van der Waals surface area contributed by atoms with Gasteiger partial charge >= 0.3 is 0 Å². The first-order chi connectivity index (χ1) is 10.1. The average Bonchev–Trinajstić information content (AvgIpc) is 2.49. The standard InChI is InChI=1S/C16H28N2O3/c1-3-4-11-21-12-10-18-13(2)14(19)17-16(15(18)20)8-6-5-7-9-16/h13H,3-12H2,1-2H3,(H,17,19). The average molecular weight is 296 g/mol. The van der Waals surface area contributed by atoms with Crippen molar-refractivity contribution < 1.29 is 14.3 Å². The molecule has 2 fully saturated rings. The quantitative estimate of drug-likeness (QED) is 0.761. The van der Waals surface area contributed by atoms with Gasteiger partial charge in [0.1, 0.15) is 11.6 Å². The molecule has 0 radical (unpaired) electrons. The lowest BCUT2D eigenvalue weighted by Gasteiger charge is -2.46. The zero-order chi connectivity index (χ0) is 15.3. The maximum atomic E-state index is 12.8. The fourth-order valence-electron chi connectivity index (χ4n) is 3.29. The Morgan fingerprint density at radius 1 is 1.24 bits per heavy atom. The molecule has 2 amide bonds. The van der Waals surface area contributed by atoms with Gasteiger partial charge in [-0.05, 0) is 26.2 Å². The van der Waals surface area contributed by atoms with Crippen LogP contribution < -0.4 is 5.32 Å². The zero-order valence-corrected chi connectivity index (χ0v) is 13.3. The summed E-state index contributed by atoms with van der Waals surface area (Å²) in [5.74, 6) is 0.0680. The summed E-state index contributed by atoms with van der Waals surface area (Å²) >= 11 is 0. The molecule has 2 aliphatic rings. The highest BCUT2D eigenvalue weighted by molar-refractivity contribution is 5.99. The summed E-state index contributed by atoms with van der Waals surface area (Å²) in [7, 11) is 0. The number of nitrogens with one attached hydrogen (secondary N) is 1. The van der Waals surface area contributed by atoms with E-state index in [2.05, 4.69) is 12.2 Å². The van der Waals surface area contributed by atoms with Gasteiger partial charge in [-0.25, -0.2) is 0 Å². The van der Waals surface area contributed by atoms with Gasteiger partial charge in [0.05, 0.1) is 6.61 Å². The molecule has 0 bridgehead atoms. The highest BCUT2D eigenvalue weighted by Gasteiger charge is 2.49. The molecule has 120 valence electrons. The maximum absolute atomic E-state index is 12.8. The lowest BCUT2D eigenvalue weighted by Crippen LogP contribution is -2.70. The van der Waals surface area contributed by atoms with E-state index in [1.54, 1.807) is 11.8 Å². The molecule has 0 aromatic heterocycles. The molecule has 1 unspecified atom stereocenters. The highest BCUT2D eigenvalue weighted by Crippen LogP contribution is 2.33. The first kappa shape index (κ1) is 16.3. The third-order valence-electron chi connectivity index (χ3n) is 4.71. The molecule has 21 heavy (non-hydrogen) atoms. The van der Waals surface area contributed by atoms with Crippen molar-refractivity contribution in [2.45, 2.75) is 70.4 Å². The van der Waals surface area contributed by atoms with E-state index in [4.69, 9.17) is 4.74 Å². The predicted molar refractivity (Wildman–Crippen MR) is 80.9 cm³/mol. The van der Waals surface area contributed by atoms with Gasteiger partial charge in [0.15, 0.2) is 0 Å². The molecule has 1 saturated carbocycles. The number of nitrogens with zero attached hydrogens (tertiary/aromatic N) is 1. The number of ether oxygens (including phenoxy) is 1. The summed E-state index contributed by atoms with van der Waals surface area (Å²) in [6.45, 7) is 5.67. The number of carbonyl (C=O) groups excluding carboxylic acids is 2. The van der Waals surface area contributed by atoms with Crippen LogP contribution in [0.25, 0.3) is 0 Å². The van der Waals surface area contributed by atoms with Gasteiger partial charge in [-0.2, -0.15) is 0 Å². The third kappa shape index (κ3) is 3.57. The molecule has 1 aliphatic carbocycles. The number of hydrogen-bond donors (Lipinski definition) is 1. The molecule has 1 N–H and O–H groups in total. The Bertz CT molecular complexity index is 378. The number of piperazine rings is 1. The summed E-state index contributed by atoms with van der Waals surface area (Å²) in [6.07, 6.45) is 6.87. The van der Waals surface area contributed by atoms with Crippen molar-refractivity contribution in [3.63, 3.8) is 0 Å². The third-order valence-corrected chi connectivity index (χ3v) is 4.71. The molecule has 2 rings (SSSR count). The Morgan fingerprint density at radius 3 is 2.62 bits per heavy atom. The first-order valence-corrected chi connectivity index (χ1v) is 8.31. The number of rotatable bonds is 6. The van der Waals surface area contributed by atoms with Crippen LogP contribution in [0.2, 0.25) is 0 Å². The van der Waals surface area contributed by atoms with E-state index in [0.29, 0.717) is 13.2 Å². The Morgan fingerprint density at radius 2 is 1.95 bits per heavy atom. The van der Waals surface area contributed by atoms with E-state index in [0.717, 1.165) is 51.6 Å². The van der Waals surface area contributed by atoms with Crippen molar-refractivity contribution in [1.82, 2.24) is 10.2 Å². The van der Waals surface area contributed by atoms with Crippen LogP contribution in [0.4, 0.5) is 0 Å². The summed E-state index contributed by atoms with van der Waals surface area (Å²) in [5, 5.41) is 3.00. The Balaban J connectivity index is 1.97. The fraction of sp³-hybridized carbons (Fsp3) is 0.875. The molecule has 1 saturated heterocycles. The number of amides is 2. The van der Waals surface area contributed by atoms with Gasteiger partial charge in [-0.1, -0.05) is 32.6 Å². The van der Waals surface area contributed by atoms with Crippen LogP contribution in [0.5, 0.6) is 0 Å². The van der Waals surface area contributed by atoms with Gasteiger partial charge in [0, 0.05) is 13.2 Å². The fourth-order valence-corrected chi connectivity index (χ4v) is 3.29. The Kier molecular flexibility index (Phi) is 5.62. The molecule has 1 heterocycles. The second kappa shape index (κ2) is 7.25. The molecular formula is C16H28N2O3. The molecule has 1 aliphatic heterocycles. The van der Waals surface area contributed by atoms with Gasteiger partial charge in [0.2, 0.25) is 11.8 Å². The van der Waals surface area contributed by atoms with Crippen molar-refractivity contribution in [1.29, 1.82) is 0 Å². The smallest absolute Gasteiger partial charge is 0.249 e. The van der Waals surface area contributed by atoms with Crippen molar-refractivity contribution in [2.24, 2.45) is 0 Å². The molecule has 0 aromatic carbocycles. The largest absolute Gasteiger partial charge is 0.380 e. The minimum absolute atomic E-state index is 0.0231. The second-order valence-electron chi connectivity index (χ2n) is 6.27. The number of hydrogen-bond acceptors (Lipinski definition) is 3. The van der Waals surface area contributed by atoms with Gasteiger partial charge < -0.3 is 15.0 Å². The lowest BCUT2D eigenvalue weighted by atomic mass is 9.78. The minimum Gasteiger partial charge on any atom is -0.380 e. The molecule has 0 aromatic rings. The Labute approximate surface area is 127 Å². The molecule has 1 atom stereocenters. The summed E-state index contributed by atoms with van der Waals surface area (Å²) in [6, 6.07) is -0.389. The van der Waals surface area contributed by atoms with Crippen LogP contribution in [0.15, 0.2) is 0 Å². The van der Waals surface area contributed by atoms with Crippen LogP contribution in [0.3, 0.4) is 0 Å². The van der Waals surface area contributed by atoms with Crippen LogP contribution in [-0.4, -0.2) is 48.1 Å². The number of carbonyl (C=O) groups is 2. The van der Waals surface area contributed by atoms with Crippen LogP contribution in [0.1, 0.15) is 58.8 Å². The normalized spacial score (nSPS) is 25.2. The summed E-state index contributed by atoms with van der Waals surface area (Å²) in [5.41, 5.74) is -0.634. The molecule has 5 heteroatoms. The molecular weight excluding hydrogens is 268 g/mol. The van der Waals surface area contributed by atoms with Crippen molar-refractivity contribution in [2.75, 3.05) is 19.8 Å². The van der Waals surface area contributed by atoms with Gasteiger partial charge in [-0.3, -0.25) is 9.59 Å². The topological polar surface area (TPSA) is 58.6 Å². The molecule has 1 spiro atoms. The van der Waals surface area contributed by atoms with Crippen LogP contribution in [0, 0.1) is 0 Å². The summed E-state index contributed by atoms with van der Waals surface area (Å²) in [4.78, 5) is 26.8. The number of unbranched alkanes of at least 4 members (excludes halogenated alkanes) is 1. The Hall–Kier alpha value is -1.10.